The van der Waals surface area contributed by atoms with Crippen molar-refractivity contribution in [2.45, 2.75) is 0 Å². The standard InChI is InChI=1S/C23H23N5O5/c1-30-13-14-33-23-26-21(20-7-4-12-32-20)28(27-23)18-10-8-16(9-11-18)24-22(29)25-17-5-3-6-19(15-17)31-2/h3-12,15H,13-14H2,1-2H3,(H2,24,25,29). The Hall–Kier alpha value is -4.31. The first-order valence-corrected chi connectivity index (χ1v) is 10.1. The number of hydrogen-bond donors (Lipinski definition) is 2. The highest BCUT2D eigenvalue weighted by atomic mass is 16.5. The summed E-state index contributed by atoms with van der Waals surface area (Å²) in [5, 5.41) is 9.99. The number of ether oxygens (including phenoxy) is 3. The molecular weight excluding hydrogens is 426 g/mol. The number of carbonyl (C=O) groups excluding carboxylic acids is 1. The lowest BCUT2D eigenvalue weighted by molar-refractivity contribution is 0.141. The highest BCUT2D eigenvalue weighted by molar-refractivity contribution is 5.99. The van der Waals surface area contributed by atoms with Gasteiger partial charge in [-0.3, -0.25) is 0 Å². The van der Waals surface area contributed by atoms with Crippen molar-refractivity contribution in [3.8, 4) is 29.0 Å². The number of nitrogens with zero attached hydrogens (tertiary/aromatic N) is 3. The molecule has 0 unspecified atom stereocenters. The molecule has 0 aliphatic carbocycles. The van der Waals surface area contributed by atoms with Crippen LogP contribution in [0, 0.1) is 0 Å². The van der Waals surface area contributed by atoms with Gasteiger partial charge in [-0.1, -0.05) is 6.07 Å². The molecule has 0 spiro atoms. The van der Waals surface area contributed by atoms with Crippen LogP contribution in [0.2, 0.25) is 0 Å². The molecule has 0 atom stereocenters. The molecular formula is C23H23N5O5. The fourth-order valence-corrected chi connectivity index (χ4v) is 3.00. The number of carbonyl (C=O) groups is 1. The molecule has 2 aromatic heterocycles. The molecule has 0 aliphatic rings. The molecule has 0 fully saturated rings. The Balaban J connectivity index is 1.48. The zero-order chi connectivity index (χ0) is 23.0. The number of aromatic nitrogens is 3. The molecule has 2 N–H and O–H groups in total. The van der Waals surface area contributed by atoms with Crippen LogP contribution >= 0.6 is 0 Å². The van der Waals surface area contributed by atoms with E-state index >= 15 is 0 Å². The fourth-order valence-electron chi connectivity index (χ4n) is 3.00. The number of furan rings is 1. The second-order valence-electron chi connectivity index (χ2n) is 6.81. The summed E-state index contributed by atoms with van der Waals surface area (Å²) in [6, 6.07) is 17.6. The zero-order valence-corrected chi connectivity index (χ0v) is 18.1. The van der Waals surface area contributed by atoms with Gasteiger partial charge < -0.3 is 29.3 Å². The molecule has 0 saturated heterocycles. The minimum atomic E-state index is -0.373. The molecule has 33 heavy (non-hydrogen) atoms. The Bertz CT molecular complexity index is 1190. The van der Waals surface area contributed by atoms with Gasteiger partial charge in [-0.25, -0.2) is 9.48 Å². The summed E-state index contributed by atoms with van der Waals surface area (Å²) in [7, 11) is 3.16. The lowest BCUT2D eigenvalue weighted by atomic mass is 10.2. The van der Waals surface area contributed by atoms with E-state index in [1.54, 1.807) is 85.8 Å². The van der Waals surface area contributed by atoms with Crippen LogP contribution in [0.25, 0.3) is 17.3 Å². The third-order valence-corrected chi connectivity index (χ3v) is 4.55. The highest BCUT2D eigenvalue weighted by Gasteiger charge is 2.17. The number of amides is 2. The SMILES string of the molecule is COCCOc1nc(-c2ccco2)n(-c2ccc(NC(=O)Nc3cccc(OC)c3)cc2)n1. The Morgan fingerprint density at radius 1 is 1.00 bits per heavy atom. The molecule has 4 aromatic rings. The molecule has 0 saturated carbocycles. The third-order valence-electron chi connectivity index (χ3n) is 4.55. The molecule has 10 heteroatoms. The Morgan fingerprint density at radius 2 is 1.82 bits per heavy atom. The molecule has 0 radical (unpaired) electrons. The molecule has 2 aromatic carbocycles. The second-order valence-corrected chi connectivity index (χ2v) is 6.81. The Morgan fingerprint density at radius 3 is 2.55 bits per heavy atom. The predicted octanol–water partition coefficient (Wildman–Crippen LogP) is 4.21. The topological polar surface area (TPSA) is 113 Å². The zero-order valence-electron chi connectivity index (χ0n) is 18.1. The Kier molecular flexibility index (Phi) is 6.86. The smallest absolute Gasteiger partial charge is 0.336 e. The van der Waals surface area contributed by atoms with Gasteiger partial charge in [0.25, 0.3) is 0 Å². The van der Waals surface area contributed by atoms with Gasteiger partial charge in [-0.15, -0.1) is 5.10 Å². The van der Waals surface area contributed by atoms with Crippen molar-refractivity contribution in [3.05, 3.63) is 66.9 Å². The van der Waals surface area contributed by atoms with Gasteiger partial charge in [0.1, 0.15) is 12.4 Å². The maximum atomic E-state index is 12.3. The van der Waals surface area contributed by atoms with E-state index in [2.05, 4.69) is 20.7 Å². The molecule has 2 amide bonds. The van der Waals surface area contributed by atoms with E-state index in [0.29, 0.717) is 47.6 Å². The van der Waals surface area contributed by atoms with Gasteiger partial charge in [0, 0.05) is 24.6 Å². The van der Waals surface area contributed by atoms with E-state index in [-0.39, 0.29) is 12.0 Å². The van der Waals surface area contributed by atoms with Crippen molar-refractivity contribution in [3.63, 3.8) is 0 Å². The molecule has 170 valence electrons. The van der Waals surface area contributed by atoms with Crippen molar-refractivity contribution >= 4 is 17.4 Å². The summed E-state index contributed by atoms with van der Waals surface area (Å²) in [6.45, 7) is 0.742. The van der Waals surface area contributed by atoms with Gasteiger partial charge in [0.05, 0.1) is 25.7 Å². The maximum Gasteiger partial charge on any atom is 0.336 e. The summed E-state index contributed by atoms with van der Waals surface area (Å²) in [5.74, 6) is 1.69. The number of anilines is 2. The van der Waals surface area contributed by atoms with Gasteiger partial charge >= 0.3 is 12.0 Å². The van der Waals surface area contributed by atoms with Crippen LogP contribution in [0.15, 0.2) is 71.3 Å². The van der Waals surface area contributed by atoms with Crippen LogP contribution in [-0.4, -0.2) is 48.2 Å². The van der Waals surface area contributed by atoms with E-state index < -0.39 is 0 Å². The largest absolute Gasteiger partial charge is 0.497 e. The van der Waals surface area contributed by atoms with Crippen LogP contribution in [0.1, 0.15) is 0 Å². The van der Waals surface area contributed by atoms with Crippen LogP contribution in [0.5, 0.6) is 11.8 Å². The van der Waals surface area contributed by atoms with E-state index in [1.165, 1.54) is 0 Å². The van der Waals surface area contributed by atoms with E-state index in [4.69, 9.17) is 18.6 Å². The minimum absolute atomic E-state index is 0.207. The average molecular weight is 449 g/mol. The van der Waals surface area contributed by atoms with E-state index in [9.17, 15) is 4.79 Å². The molecule has 10 nitrogen and oxygen atoms in total. The van der Waals surface area contributed by atoms with Crippen molar-refractivity contribution in [1.82, 2.24) is 14.8 Å². The average Bonchev–Trinajstić information content (AvgIpc) is 3.50. The third kappa shape index (κ3) is 5.49. The number of urea groups is 1. The molecule has 0 aliphatic heterocycles. The van der Waals surface area contributed by atoms with Crippen LogP contribution in [0.3, 0.4) is 0 Å². The van der Waals surface area contributed by atoms with Crippen LogP contribution in [-0.2, 0) is 4.74 Å². The second kappa shape index (κ2) is 10.3. The summed E-state index contributed by atoms with van der Waals surface area (Å²) in [6.07, 6.45) is 1.56. The summed E-state index contributed by atoms with van der Waals surface area (Å²) in [4.78, 5) is 16.8. The minimum Gasteiger partial charge on any atom is -0.497 e. The van der Waals surface area contributed by atoms with E-state index in [1.807, 2.05) is 0 Å². The summed E-state index contributed by atoms with van der Waals surface area (Å²) < 4.78 is 22.8. The van der Waals surface area contributed by atoms with Crippen LogP contribution in [0.4, 0.5) is 16.2 Å². The summed E-state index contributed by atoms with van der Waals surface area (Å²) >= 11 is 0. The lowest BCUT2D eigenvalue weighted by Gasteiger charge is -2.10. The first-order chi connectivity index (χ1) is 16.2. The van der Waals surface area contributed by atoms with Crippen molar-refractivity contribution < 1.29 is 23.4 Å². The highest BCUT2D eigenvalue weighted by Crippen LogP contribution is 2.25. The van der Waals surface area contributed by atoms with Gasteiger partial charge in [-0.2, -0.15) is 4.98 Å². The van der Waals surface area contributed by atoms with Gasteiger partial charge in [-0.05, 0) is 48.5 Å². The number of benzene rings is 2. The Labute approximate surface area is 190 Å². The number of methoxy groups -OCH3 is 2. The van der Waals surface area contributed by atoms with E-state index in [0.717, 1.165) is 0 Å². The molecule has 2 heterocycles. The number of hydrogen-bond acceptors (Lipinski definition) is 7. The molecule has 0 bridgehead atoms. The predicted molar refractivity (Wildman–Crippen MR) is 122 cm³/mol. The monoisotopic (exact) mass is 449 g/mol. The lowest BCUT2D eigenvalue weighted by Crippen LogP contribution is -2.19. The van der Waals surface area contributed by atoms with Crippen molar-refractivity contribution in [2.24, 2.45) is 0 Å². The van der Waals surface area contributed by atoms with Crippen molar-refractivity contribution in [1.29, 1.82) is 0 Å². The summed E-state index contributed by atoms with van der Waals surface area (Å²) in [5.41, 5.74) is 1.94. The first kappa shape index (κ1) is 21.9. The molecule has 4 rings (SSSR count). The van der Waals surface area contributed by atoms with Gasteiger partial charge in [0.2, 0.25) is 5.82 Å². The quantitative estimate of drug-likeness (QED) is 0.368. The fraction of sp³-hybridized carbons (Fsp3) is 0.174. The first-order valence-electron chi connectivity index (χ1n) is 10.1. The van der Waals surface area contributed by atoms with Crippen molar-refractivity contribution in [2.75, 3.05) is 38.1 Å². The van der Waals surface area contributed by atoms with Crippen LogP contribution < -0.4 is 20.1 Å². The van der Waals surface area contributed by atoms with Gasteiger partial charge in [0.15, 0.2) is 5.76 Å². The normalized spacial score (nSPS) is 10.6. The number of rotatable bonds is 9. The maximum absolute atomic E-state index is 12.3. The number of nitrogens with one attached hydrogen (secondary N) is 2.